The molecule has 104 valence electrons. The van der Waals surface area contributed by atoms with Gasteiger partial charge in [-0.15, -0.1) is 0 Å². The molecule has 0 aliphatic carbocycles. The van der Waals surface area contributed by atoms with Crippen molar-refractivity contribution in [3.8, 4) is 11.4 Å². The largest absolute Gasteiger partial charge is 0.312 e. The summed E-state index contributed by atoms with van der Waals surface area (Å²) >= 11 is 3.08. The number of hydrogen-bond acceptors (Lipinski definition) is 3. The van der Waals surface area contributed by atoms with Crippen molar-refractivity contribution in [3.63, 3.8) is 0 Å². The molecule has 0 amide bonds. The molecular weight excluding hydrogens is 328 g/mol. The maximum Gasteiger partial charge on any atom is 0.173 e. The first kappa shape index (κ1) is 13.6. The molecule has 1 aromatic heterocycles. The summed E-state index contributed by atoms with van der Waals surface area (Å²) in [6.07, 6.45) is 0.812. The molecule has 3 rings (SSSR count). The van der Waals surface area contributed by atoms with Crippen LogP contribution in [0.15, 0.2) is 16.6 Å². The first-order chi connectivity index (χ1) is 9.58. The first-order valence-electron chi connectivity index (χ1n) is 6.29. The predicted molar refractivity (Wildman–Crippen MR) is 75.2 cm³/mol. The molecule has 1 aliphatic heterocycles. The van der Waals surface area contributed by atoms with E-state index in [9.17, 15) is 8.78 Å². The maximum absolute atomic E-state index is 13.6. The second-order valence-electron chi connectivity index (χ2n) is 4.71. The lowest BCUT2D eigenvalue weighted by Crippen LogP contribution is -2.26. The molecule has 0 fully saturated rings. The predicted octanol–water partition coefficient (Wildman–Crippen LogP) is 3.14. The third kappa shape index (κ3) is 2.23. The maximum atomic E-state index is 13.6. The molecule has 1 aliphatic rings. The highest BCUT2D eigenvalue weighted by molar-refractivity contribution is 9.10. The van der Waals surface area contributed by atoms with Crippen molar-refractivity contribution in [2.45, 2.75) is 19.9 Å². The van der Waals surface area contributed by atoms with Gasteiger partial charge in [0.05, 0.1) is 10.2 Å². The van der Waals surface area contributed by atoms with Gasteiger partial charge in [-0.1, -0.05) is 0 Å². The van der Waals surface area contributed by atoms with Crippen LogP contribution in [0.25, 0.3) is 11.4 Å². The molecule has 1 N–H and O–H groups in total. The number of halogens is 3. The zero-order valence-corrected chi connectivity index (χ0v) is 12.4. The summed E-state index contributed by atoms with van der Waals surface area (Å²) < 4.78 is 26.9. The molecule has 20 heavy (non-hydrogen) atoms. The van der Waals surface area contributed by atoms with Gasteiger partial charge < -0.3 is 5.32 Å². The van der Waals surface area contributed by atoms with E-state index in [-0.39, 0.29) is 4.47 Å². The Morgan fingerprint density at radius 1 is 1.25 bits per heavy atom. The number of fused-ring (bicyclic) bond motifs is 1. The lowest BCUT2D eigenvalue weighted by molar-refractivity contribution is 0.504. The van der Waals surface area contributed by atoms with Crippen molar-refractivity contribution in [2.24, 2.45) is 0 Å². The Morgan fingerprint density at radius 2 is 2.05 bits per heavy atom. The number of aryl methyl sites for hydroxylation is 1. The molecule has 1 aromatic carbocycles. The molecule has 3 nitrogen and oxygen atoms in total. The second-order valence-corrected chi connectivity index (χ2v) is 5.50. The fourth-order valence-corrected chi connectivity index (χ4v) is 2.83. The first-order valence-corrected chi connectivity index (χ1v) is 7.08. The van der Waals surface area contributed by atoms with E-state index in [1.165, 1.54) is 6.07 Å². The van der Waals surface area contributed by atoms with Crippen LogP contribution in [-0.4, -0.2) is 16.5 Å². The normalized spacial score (nSPS) is 14.2. The Kier molecular flexibility index (Phi) is 3.52. The quantitative estimate of drug-likeness (QED) is 0.811. The summed E-state index contributed by atoms with van der Waals surface area (Å²) in [7, 11) is 0. The van der Waals surface area contributed by atoms with Gasteiger partial charge in [0.2, 0.25) is 0 Å². The summed E-state index contributed by atoms with van der Waals surface area (Å²) in [5.74, 6) is -1.38. The fraction of sp³-hybridized carbons (Fsp3) is 0.286. The number of rotatable bonds is 1. The van der Waals surface area contributed by atoms with Crippen molar-refractivity contribution in [1.29, 1.82) is 0 Å². The Labute approximate surface area is 123 Å². The number of aromatic nitrogens is 2. The number of benzene rings is 1. The number of nitrogens with one attached hydrogen (secondary N) is 1. The highest BCUT2D eigenvalue weighted by Crippen LogP contribution is 2.30. The zero-order valence-electron chi connectivity index (χ0n) is 10.8. The molecule has 6 heteroatoms. The van der Waals surface area contributed by atoms with E-state index in [2.05, 4.69) is 31.2 Å². The van der Waals surface area contributed by atoms with Gasteiger partial charge in [0, 0.05) is 36.3 Å². The summed E-state index contributed by atoms with van der Waals surface area (Å²) in [6.45, 7) is 3.52. The van der Waals surface area contributed by atoms with Crippen LogP contribution in [-0.2, 0) is 13.0 Å². The van der Waals surface area contributed by atoms with Gasteiger partial charge in [-0.3, -0.25) is 0 Å². The Bertz CT molecular complexity index is 689. The minimum Gasteiger partial charge on any atom is -0.312 e. The smallest absolute Gasteiger partial charge is 0.173 e. The Morgan fingerprint density at radius 3 is 2.85 bits per heavy atom. The third-order valence-electron chi connectivity index (χ3n) is 3.42. The van der Waals surface area contributed by atoms with E-state index < -0.39 is 11.6 Å². The van der Waals surface area contributed by atoms with Gasteiger partial charge in [-0.2, -0.15) is 0 Å². The summed E-state index contributed by atoms with van der Waals surface area (Å²) in [5.41, 5.74) is 3.41. The van der Waals surface area contributed by atoms with Crippen LogP contribution in [0.5, 0.6) is 0 Å². The molecule has 0 unspecified atom stereocenters. The van der Waals surface area contributed by atoms with Gasteiger partial charge in [0.25, 0.3) is 0 Å². The topological polar surface area (TPSA) is 37.8 Å². The summed E-state index contributed by atoms with van der Waals surface area (Å²) in [5, 5.41) is 3.27. The van der Waals surface area contributed by atoms with Crippen molar-refractivity contribution < 1.29 is 8.78 Å². The van der Waals surface area contributed by atoms with Crippen molar-refractivity contribution in [1.82, 2.24) is 15.3 Å². The van der Waals surface area contributed by atoms with Gasteiger partial charge in [0.1, 0.15) is 0 Å². The van der Waals surface area contributed by atoms with E-state index in [0.717, 1.165) is 42.5 Å². The average molecular weight is 340 g/mol. The third-order valence-corrected chi connectivity index (χ3v) is 4.19. The van der Waals surface area contributed by atoms with Crippen molar-refractivity contribution in [3.05, 3.63) is 45.2 Å². The van der Waals surface area contributed by atoms with Gasteiger partial charge >= 0.3 is 0 Å². The van der Waals surface area contributed by atoms with Crippen LogP contribution in [0.1, 0.15) is 17.0 Å². The highest BCUT2D eigenvalue weighted by atomic mass is 79.9. The molecule has 2 heterocycles. The van der Waals surface area contributed by atoms with E-state index in [4.69, 9.17) is 0 Å². The highest BCUT2D eigenvalue weighted by Gasteiger charge is 2.19. The lowest BCUT2D eigenvalue weighted by atomic mass is 10.1. The monoisotopic (exact) mass is 339 g/mol. The summed E-state index contributed by atoms with van der Waals surface area (Å²) in [6, 6.07) is 2.58. The molecule has 0 saturated heterocycles. The van der Waals surface area contributed by atoms with Gasteiger partial charge in [-0.25, -0.2) is 18.7 Å². The van der Waals surface area contributed by atoms with E-state index in [0.29, 0.717) is 11.4 Å². The number of hydrogen-bond donors (Lipinski definition) is 1. The standard InChI is InChI=1S/C14H12BrF2N3/c1-7-9-6-18-5-4-11(9)20-14(19-7)8-2-3-10(16)13(17)12(8)15/h2-3,18H,4-6H2,1H3. The van der Waals surface area contributed by atoms with Crippen LogP contribution in [0.3, 0.4) is 0 Å². The Balaban J connectivity index is 2.16. The minimum absolute atomic E-state index is 0.0609. The van der Waals surface area contributed by atoms with Crippen LogP contribution in [0, 0.1) is 18.6 Å². The summed E-state index contributed by atoms with van der Waals surface area (Å²) in [4.78, 5) is 8.92. The molecule has 0 atom stereocenters. The number of nitrogens with zero attached hydrogens (tertiary/aromatic N) is 2. The molecule has 0 radical (unpaired) electrons. The minimum atomic E-state index is -0.914. The van der Waals surface area contributed by atoms with Crippen LogP contribution in [0.2, 0.25) is 0 Å². The lowest BCUT2D eigenvalue weighted by Gasteiger charge is -2.19. The molecule has 0 bridgehead atoms. The molecule has 0 saturated carbocycles. The zero-order chi connectivity index (χ0) is 14.3. The molecular formula is C14H12BrF2N3. The van der Waals surface area contributed by atoms with Gasteiger partial charge in [-0.05, 0) is 35.0 Å². The van der Waals surface area contributed by atoms with Gasteiger partial charge in [0.15, 0.2) is 17.5 Å². The van der Waals surface area contributed by atoms with E-state index in [1.54, 1.807) is 0 Å². The molecule has 0 spiro atoms. The van der Waals surface area contributed by atoms with Crippen LogP contribution < -0.4 is 5.32 Å². The van der Waals surface area contributed by atoms with E-state index in [1.807, 2.05) is 6.92 Å². The SMILES string of the molecule is Cc1nc(-c2ccc(F)c(F)c2Br)nc2c1CNCC2. The fourth-order valence-electron chi connectivity index (χ4n) is 2.33. The van der Waals surface area contributed by atoms with Crippen molar-refractivity contribution >= 4 is 15.9 Å². The van der Waals surface area contributed by atoms with Crippen LogP contribution >= 0.6 is 15.9 Å². The second kappa shape index (κ2) is 5.18. The van der Waals surface area contributed by atoms with Crippen molar-refractivity contribution in [2.75, 3.05) is 6.54 Å². The average Bonchev–Trinajstić information content (AvgIpc) is 2.45. The Hall–Kier alpha value is -1.40. The van der Waals surface area contributed by atoms with Crippen LogP contribution in [0.4, 0.5) is 8.78 Å². The molecule has 2 aromatic rings. The van der Waals surface area contributed by atoms with E-state index >= 15 is 0 Å².